The number of benzene rings is 1. The van der Waals surface area contributed by atoms with Gasteiger partial charge in [0.25, 0.3) is 5.91 Å². The molecule has 35 heavy (non-hydrogen) atoms. The van der Waals surface area contributed by atoms with E-state index in [4.69, 9.17) is 14.5 Å². The predicted molar refractivity (Wildman–Crippen MR) is 138 cm³/mol. The number of ether oxygens (including phenoxy) is 2. The molecule has 1 aliphatic heterocycles. The van der Waals surface area contributed by atoms with Crippen LogP contribution in [0.4, 0.5) is 4.79 Å². The van der Waals surface area contributed by atoms with Crippen LogP contribution in [0.5, 0.6) is 0 Å². The number of hydrogen-bond donors (Lipinski definition) is 1. The van der Waals surface area contributed by atoms with Gasteiger partial charge < -0.3 is 19.7 Å². The summed E-state index contributed by atoms with van der Waals surface area (Å²) in [5.41, 5.74) is 2.16. The Kier molecular flexibility index (Phi) is 7.11. The average Bonchev–Trinajstić information content (AvgIpc) is 3.46. The lowest BCUT2D eigenvalue weighted by Crippen LogP contribution is -2.40. The largest absolute Gasteiger partial charge is 0.444 e. The minimum atomic E-state index is -0.575. The van der Waals surface area contributed by atoms with E-state index in [1.165, 1.54) is 11.3 Å². The molecule has 0 unspecified atom stereocenters. The summed E-state index contributed by atoms with van der Waals surface area (Å²) in [4.78, 5) is 33.4. The van der Waals surface area contributed by atoms with Crippen LogP contribution in [0.1, 0.15) is 69.6 Å². The van der Waals surface area contributed by atoms with Crippen LogP contribution < -0.4 is 5.32 Å². The number of amides is 2. The van der Waals surface area contributed by atoms with Gasteiger partial charge in [-0.05, 0) is 56.7 Å². The molecule has 1 aliphatic rings. The average molecular weight is 501 g/mol. The van der Waals surface area contributed by atoms with Crippen LogP contribution in [0, 0.1) is 5.41 Å². The maximum absolute atomic E-state index is 13.0. The van der Waals surface area contributed by atoms with Crippen molar-refractivity contribution in [2.75, 3.05) is 19.7 Å². The Hall–Kier alpha value is -2.65. The number of nitrogens with zero attached hydrogens (tertiary/aromatic N) is 3. The SMILES string of the molecule is CC(C)(C)CNC(=O)c1cn2c(nc3ccc(CN(C[C@H]4CCCO4)C(=O)OC(C)(C)C)cc32)s1. The van der Waals surface area contributed by atoms with Crippen LogP contribution in [-0.4, -0.2) is 57.7 Å². The maximum Gasteiger partial charge on any atom is 0.410 e. The van der Waals surface area contributed by atoms with Gasteiger partial charge in [0.1, 0.15) is 10.5 Å². The molecule has 0 spiro atoms. The fourth-order valence-corrected chi connectivity index (χ4v) is 4.89. The molecule has 1 fully saturated rings. The molecule has 1 atom stereocenters. The molecule has 0 radical (unpaired) electrons. The Morgan fingerprint density at radius 2 is 2.03 bits per heavy atom. The number of carbonyl (C=O) groups excluding carboxylic acids is 2. The van der Waals surface area contributed by atoms with Crippen molar-refractivity contribution in [3.63, 3.8) is 0 Å². The number of hydrogen-bond acceptors (Lipinski definition) is 6. The molecule has 3 heterocycles. The lowest BCUT2D eigenvalue weighted by Gasteiger charge is -2.29. The zero-order valence-electron chi connectivity index (χ0n) is 21.5. The summed E-state index contributed by atoms with van der Waals surface area (Å²) in [5.74, 6) is -0.0904. The van der Waals surface area contributed by atoms with Crippen molar-refractivity contribution in [2.45, 2.75) is 72.6 Å². The van der Waals surface area contributed by atoms with Gasteiger partial charge in [0.05, 0.1) is 23.7 Å². The monoisotopic (exact) mass is 500 g/mol. The van der Waals surface area contributed by atoms with Crippen molar-refractivity contribution in [1.82, 2.24) is 19.6 Å². The Morgan fingerprint density at radius 1 is 1.26 bits per heavy atom. The number of rotatable bonds is 6. The highest BCUT2D eigenvalue weighted by molar-refractivity contribution is 7.19. The molecule has 1 saturated heterocycles. The molecular formula is C26H36N4O4S. The second-order valence-corrected chi connectivity index (χ2v) is 12.4. The van der Waals surface area contributed by atoms with Crippen molar-refractivity contribution in [3.8, 4) is 0 Å². The lowest BCUT2D eigenvalue weighted by molar-refractivity contribution is 0.00860. The van der Waals surface area contributed by atoms with Crippen molar-refractivity contribution in [1.29, 1.82) is 0 Å². The molecule has 8 nitrogen and oxygen atoms in total. The first-order valence-corrected chi connectivity index (χ1v) is 13.0. The molecule has 190 valence electrons. The van der Waals surface area contributed by atoms with Crippen LogP contribution in [0.15, 0.2) is 24.4 Å². The van der Waals surface area contributed by atoms with Crippen LogP contribution >= 0.6 is 11.3 Å². The quantitative estimate of drug-likeness (QED) is 0.500. The smallest absolute Gasteiger partial charge is 0.410 e. The number of aromatic nitrogens is 2. The maximum atomic E-state index is 13.0. The van der Waals surface area contributed by atoms with Crippen molar-refractivity contribution >= 4 is 39.3 Å². The van der Waals surface area contributed by atoms with Gasteiger partial charge in [0.15, 0.2) is 4.96 Å². The van der Waals surface area contributed by atoms with Crippen LogP contribution in [0.3, 0.4) is 0 Å². The molecule has 0 bridgehead atoms. The van der Waals surface area contributed by atoms with Gasteiger partial charge in [-0.2, -0.15) is 0 Å². The Labute approximate surface area is 210 Å². The van der Waals surface area contributed by atoms with Crippen molar-refractivity contribution < 1.29 is 19.1 Å². The van der Waals surface area contributed by atoms with Gasteiger partial charge in [-0.1, -0.05) is 38.2 Å². The predicted octanol–water partition coefficient (Wildman–Crippen LogP) is 5.24. The number of fused-ring (bicyclic) bond motifs is 3. The number of thiazole rings is 1. The van der Waals surface area contributed by atoms with E-state index in [2.05, 4.69) is 26.1 Å². The minimum Gasteiger partial charge on any atom is -0.444 e. The summed E-state index contributed by atoms with van der Waals surface area (Å²) < 4.78 is 13.4. The standard InChI is InChI=1S/C26H36N4O4S/c1-25(2,3)16-27-22(31)21-15-30-20-12-17(9-10-19(20)28-23(30)35-21)13-29(14-18-8-7-11-33-18)24(32)34-26(4,5)6/h9-10,12,15,18H,7-8,11,13-14,16H2,1-6H3,(H,27,31)/t18-/m1/s1. The van der Waals surface area contributed by atoms with Gasteiger partial charge in [-0.15, -0.1) is 0 Å². The van der Waals surface area contributed by atoms with Gasteiger partial charge in [-0.3, -0.25) is 9.20 Å². The number of carbonyl (C=O) groups is 2. The van der Waals surface area contributed by atoms with E-state index < -0.39 is 5.60 Å². The van der Waals surface area contributed by atoms with E-state index in [0.717, 1.165) is 41.0 Å². The van der Waals surface area contributed by atoms with Gasteiger partial charge in [0, 0.05) is 25.9 Å². The Balaban J connectivity index is 1.57. The van der Waals surface area contributed by atoms with Gasteiger partial charge >= 0.3 is 6.09 Å². The highest BCUT2D eigenvalue weighted by Crippen LogP contribution is 2.26. The molecule has 2 aromatic heterocycles. The van der Waals surface area contributed by atoms with Crippen molar-refractivity contribution in [3.05, 3.63) is 34.8 Å². The normalized spacial score (nSPS) is 16.7. The summed E-state index contributed by atoms with van der Waals surface area (Å²) in [7, 11) is 0. The van der Waals surface area contributed by atoms with E-state index in [0.29, 0.717) is 24.5 Å². The zero-order chi connectivity index (χ0) is 25.4. The molecule has 1 N–H and O–H groups in total. The highest BCUT2D eigenvalue weighted by Gasteiger charge is 2.27. The van der Waals surface area contributed by atoms with Crippen LogP contribution in [0.25, 0.3) is 16.0 Å². The second kappa shape index (κ2) is 9.78. The van der Waals surface area contributed by atoms with Gasteiger partial charge in [-0.25, -0.2) is 9.78 Å². The summed E-state index contributed by atoms with van der Waals surface area (Å²) in [6, 6.07) is 5.98. The number of nitrogens with one attached hydrogen (secondary N) is 1. The Morgan fingerprint density at radius 3 is 2.69 bits per heavy atom. The fraction of sp³-hybridized carbons (Fsp3) is 0.577. The third-order valence-corrected chi connectivity index (χ3v) is 6.63. The van der Waals surface area contributed by atoms with Crippen molar-refractivity contribution in [2.24, 2.45) is 5.41 Å². The molecule has 0 saturated carbocycles. The van der Waals surface area contributed by atoms with Gasteiger partial charge in [0.2, 0.25) is 0 Å². The third kappa shape index (κ3) is 6.52. The van der Waals surface area contributed by atoms with E-state index in [-0.39, 0.29) is 23.5 Å². The second-order valence-electron chi connectivity index (χ2n) is 11.4. The third-order valence-electron chi connectivity index (χ3n) is 5.65. The summed E-state index contributed by atoms with van der Waals surface area (Å²) in [5, 5.41) is 3.00. The molecule has 2 amide bonds. The zero-order valence-corrected chi connectivity index (χ0v) is 22.3. The molecular weight excluding hydrogens is 464 g/mol. The summed E-state index contributed by atoms with van der Waals surface area (Å²) in [6.45, 7) is 14.1. The fourth-order valence-electron chi connectivity index (χ4n) is 3.98. The van der Waals surface area contributed by atoms with Crippen LogP contribution in [-0.2, 0) is 16.0 Å². The van der Waals surface area contributed by atoms with E-state index in [9.17, 15) is 9.59 Å². The number of imidazole rings is 1. The lowest BCUT2D eigenvalue weighted by atomic mass is 9.97. The first-order valence-electron chi connectivity index (χ1n) is 12.2. The Bertz CT molecular complexity index is 1210. The molecule has 1 aromatic carbocycles. The van der Waals surface area contributed by atoms with E-state index in [1.54, 1.807) is 4.90 Å². The summed E-state index contributed by atoms with van der Waals surface area (Å²) in [6.07, 6.45) is 3.47. The van der Waals surface area contributed by atoms with Crippen LogP contribution in [0.2, 0.25) is 0 Å². The summed E-state index contributed by atoms with van der Waals surface area (Å²) >= 11 is 1.37. The molecule has 4 rings (SSSR count). The topological polar surface area (TPSA) is 85.2 Å². The highest BCUT2D eigenvalue weighted by atomic mass is 32.1. The molecule has 9 heteroatoms. The van der Waals surface area contributed by atoms with E-state index in [1.807, 2.05) is 49.6 Å². The molecule has 3 aromatic rings. The first kappa shape index (κ1) is 25.4. The first-order chi connectivity index (χ1) is 16.4. The molecule has 0 aliphatic carbocycles. The van der Waals surface area contributed by atoms with E-state index >= 15 is 0 Å². The minimum absolute atomic E-state index is 0.0121.